The van der Waals surface area contributed by atoms with E-state index in [1.165, 1.54) is 0 Å². The molecule has 6 nitrogen and oxygen atoms in total. The maximum atomic E-state index is 12.1. The molecular weight excluding hydrogens is 302 g/mol. The van der Waals surface area contributed by atoms with Gasteiger partial charge in [0.2, 0.25) is 5.91 Å². The van der Waals surface area contributed by atoms with Crippen molar-refractivity contribution < 1.29 is 13.2 Å². The SMILES string of the molecule is Cc1cc(NC(=O)CN2CCS(=O)(=O)CC2)ccc1N(C)C. The van der Waals surface area contributed by atoms with Gasteiger partial charge in [0.05, 0.1) is 18.1 Å². The topological polar surface area (TPSA) is 69.7 Å². The van der Waals surface area contributed by atoms with E-state index in [4.69, 9.17) is 0 Å². The molecule has 0 aliphatic carbocycles. The minimum absolute atomic E-state index is 0.115. The molecule has 1 aromatic rings. The third kappa shape index (κ3) is 4.45. The van der Waals surface area contributed by atoms with Crippen LogP contribution in [0.1, 0.15) is 5.56 Å². The second-order valence-electron chi connectivity index (χ2n) is 5.87. The molecule has 1 fully saturated rings. The van der Waals surface area contributed by atoms with Crippen LogP contribution in [0.5, 0.6) is 0 Å². The van der Waals surface area contributed by atoms with Crippen LogP contribution in [0.4, 0.5) is 11.4 Å². The Kier molecular flexibility index (Phi) is 5.08. The van der Waals surface area contributed by atoms with Crippen LogP contribution in [-0.4, -0.2) is 64.5 Å². The summed E-state index contributed by atoms with van der Waals surface area (Å²) in [5.74, 6) is 0.157. The monoisotopic (exact) mass is 325 g/mol. The summed E-state index contributed by atoms with van der Waals surface area (Å²) in [5.41, 5.74) is 2.96. The van der Waals surface area contributed by atoms with Crippen molar-refractivity contribution in [3.05, 3.63) is 23.8 Å². The minimum Gasteiger partial charge on any atom is -0.377 e. The number of anilines is 2. The van der Waals surface area contributed by atoms with Crippen LogP contribution in [0.15, 0.2) is 18.2 Å². The highest BCUT2D eigenvalue weighted by molar-refractivity contribution is 7.91. The fourth-order valence-corrected chi connectivity index (χ4v) is 3.82. The lowest BCUT2D eigenvalue weighted by Crippen LogP contribution is -2.43. The lowest BCUT2D eigenvalue weighted by molar-refractivity contribution is -0.117. The first-order valence-corrected chi connectivity index (χ1v) is 9.09. The van der Waals surface area contributed by atoms with Gasteiger partial charge in [-0.05, 0) is 30.7 Å². The molecule has 122 valence electrons. The highest BCUT2D eigenvalue weighted by Crippen LogP contribution is 2.21. The van der Waals surface area contributed by atoms with Gasteiger partial charge >= 0.3 is 0 Å². The Labute approximate surface area is 132 Å². The standard InChI is InChI=1S/C15H23N3O3S/c1-12-10-13(4-5-14(12)17(2)3)16-15(19)11-18-6-8-22(20,21)9-7-18/h4-5,10H,6-9,11H2,1-3H3,(H,16,19). The zero-order valence-electron chi connectivity index (χ0n) is 13.3. The van der Waals surface area contributed by atoms with E-state index in [1.807, 2.05) is 49.0 Å². The molecule has 7 heteroatoms. The molecule has 22 heavy (non-hydrogen) atoms. The van der Waals surface area contributed by atoms with E-state index in [0.717, 1.165) is 16.9 Å². The number of aryl methyl sites for hydroxylation is 1. The lowest BCUT2D eigenvalue weighted by atomic mass is 10.1. The summed E-state index contributed by atoms with van der Waals surface area (Å²) < 4.78 is 22.7. The van der Waals surface area contributed by atoms with Gasteiger partial charge in [-0.1, -0.05) is 0 Å². The minimum atomic E-state index is -2.91. The molecular formula is C15H23N3O3S. The molecule has 0 saturated carbocycles. The number of nitrogens with zero attached hydrogens (tertiary/aromatic N) is 2. The van der Waals surface area contributed by atoms with Crippen LogP contribution < -0.4 is 10.2 Å². The van der Waals surface area contributed by atoms with E-state index in [-0.39, 0.29) is 24.0 Å². The Balaban J connectivity index is 1.91. The molecule has 1 heterocycles. The molecule has 2 rings (SSSR count). The Morgan fingerprint density at radius 1 is 1.27 bits per heavy atom. The fourth-order valence-electron chi connectivity index (χ4n) is 2.55. The quantitative estimate of drug-likeness (QED) is 0.884. The van der Waals surface area contributed by atoms with Crippen molar-refractivity contribution in [3.63, 3.8) is 0 Å². The number of rotatable bonds is 4. The van der Waals surface area contributed by atoms with Gasteiger partial charge in [0.25, 0.3) is 0 Å². The van der Waals surface area contributed by atoms with Crippen LogP contribution in [0, 0.1) is 6.92 Å². The lowest BCUT2D eigenvalue weighted by Gasteiger charge is -2.25. The number of nitrogens with one attached hydrogen (secondary N) is 1. The molecule has 1 saturated heterocycles. The molecule has 1 aliphatic heterocycles. The average molecular weight is 325 g/mol. The first-order valence-electron chi connectivity index (χ1n) is 7.27. The van der Waals surface area contributed by atoms with Crippen LogP contribution in [0.2, 0.25) is 0 Å². The Hall–Kier alpha value is -1.60. The average Bonchev–Trinajstić information content (AvgIpc) is 2.41. The largest absolute Gasteiger partial charge is 0.377 e. The van der Waals surface area contributed by atoms with E-state index >= 15 is 0 Å². The number of hydrogen-bond acceptors (Lipinski definition) is 5. The summed E-state index contributed by atoms with van der Waals surface area (Å²) in [6.45, 7) is 3.08. The van der Waals surface area contributed by atoms with Gasteiger partial charge in [0, 0.05) is 38.6 Å². The third-order valence-electron chi connectivity index (χ3n) is 3.77. The van der Waals surface area contributed by atoms with Gasteiger partial charge in [0.1, 0.15) is 0 Å². The van der Waals surface area contributed by atoms with Gasteiger partial charge in [-0.3, -0.25) is 9.69 Å². The molecule has 1 N–H and O–H groups in total. The Bertz CT molecular complexity index is 642. The third-order valence-corrected chi connectivity index (χ3v) is 5.38. The van der Waals surface area contributed by atoms with Gasteiger partial charge in [-0.15, -0.1) is 0 Å². The van der Waals surface area contributed by atoms with Gasteiger partial charge < -0.3 is 10.2 Å². The summed E-state index contributed by atoms with van der Waals surface area (Å²) >= 11 is 0. The number of sulfone groups is 1. The van der Waals surface area contributed by atoms with E-state index < -0.39 is 9.84 Å². The van der Waals surface area contributed by atoms with E-state index in [9.17, 15) is 13.2 Å². The highest BCUT2D eigenvalue weighted by atomic mass is 32.2. The van der Waals surface area contributed by atoms with Crippen LogP contribution >= 0.6 is 0 Å². The number of carbonyl (C=O) groups excluding carboxylic acids is 1. The summed E-state index contributed by atoms with van der Waals surface area (Å²) in [6, 6.07) is 5.78. The fraction of sp³-hybridized carbons (Fsp3) is 0.533. The normalized spacial score (nSPS) is 18.0. The van der Waals surface area contributed by atoms with Crippen LogP contribution in [-0.2, 0) is 14.6 Å². The van der Waals surface area contributed by atoms with E-state index in [0.29, 0.717) is 13.1 Å². The van der Waals surface area contributed by atoms with Crippen molar-refractivity contribution >= 4 is 27.1 Å². The molecule has 0 unspecified atom stereocenters. The number of benzene rings is 1. The molecule has 0 bridgehead atoms. The van der Waals surface area contributed by atoms with Gasteiger partial charge in [0.15, 0.2) is 9.84 Å². The van der Waals surface area contributed by atoms with Gasteiger partial charge in [-0.2, -0.15) is 0 Å². The van der Waals surface area contributed by atoms with Crippen molar-refractivity contribution in [2.45, 2.75) is 6.92 Å². The summed E-state index contributed by atoms with van der Waals surface area (Å²) in [6.07, 6.45) is 0. The predicted octanol–water partition coefficient (Wildman–Crippen LogP) is 0.730. The zero-order valence-corrected chi connectivity index (χ0v) is 14.1. The highest BCUT2D eigenvalue weighted by Gasteiger charge is 2.22. The molecule has 1 aliphatic rings. The molecule has 0 aromatic heterocycles. The van der Waals surface area contributed by atoms with E-state index in [1.54, 1.807) is 0 Å². The van der Waals surface area contributed by atoms with Crippen molar-refractivity contribution in [2.75, 3.05) is 55.5 Å². The molecule has 0 spiro atoms. The van der Waals surface area contributed by atoms with Crippen molar-refractivity contribution in [1.29, 1.82) is 0 Å². The first kappa shape index (κ1) is 16.8. The molecule has 0 atom stereocenters. The van der Waals surface area contributed by atoms with Crippen LogP contribution in [0.3, 0.4) is 0 Å². The second-order valence-corrected chi connectivity index (χ2v) is 8.18. The number of hydrogen-bond donors (Lipinski definition) is 1. The summed E-state index contributed by atoms with van der Waals surface area (Å²) in [5, 5.41) is 2.87. The van der Waals surface area contributed by atoms with Crippen molar-refractivity contribution in [1.82, 2.24) is 4.90 Å². The summed E-state index contributed by atoms with van der Waals surface area (Å²) in [7, 11) is 1.05. The predicted molar refractivity (Wildman–Crippen MR) is 89.2 cm³/mol. The van der Waals surface area contributed by atoms with Crippen molar-refractivity contribution in [2.24, 2.45) is 0 Å². The number of amides is 1. The number of carbonyl (C=O) groups is 1. The zero-order chi connectivity index (χ0) is 16.3. The molecule has 0 radical (unpaired) electrons. The Morgan fingerprint density at radius 3 is 2.45 bits per heavy atom. The van der Waals surface area contributed by atoms with Gasteiger partial charge in [-0.25, -0.2) is 8.42 Å². The smallest absolute Gasteiger partial charge is 0.238 e. The van der Waals surface area contributed by atoms with Crippen LogP contribution in [0.25, 0.3) is 0 Å². The van der Waals surface area contributed by atoms with Crippen molar-refractivity contribution in [3.8, 4) is 0 Å². The summed E-state index contributed by atoms with van der Waals surface area (Å²) in [4.78, 5) is 16.0. The maximum absolute atomic E-state index is 12.1. The first-order chi connectivity index (χ1) is 10.3. The molecule has 1 amide bonds. The Morgan fingerprint density at radius 2 is 1.91 bits per heavy atom. The maximum Gasteiger partial charge on any atom is 0.238 e. The molecule has 1 aromatic carbocycles. The second kappa shape index (κ2) is 6.66. The van der Waals surface area contributed by atoms with E-state index in [2.05, 4.69) is 5.32 Å².